The molecule has 6 heteroatoms. The number of hydrogen-bond acceptors (Lipinski definition) is 3. The first-order valence-corrected chi connectivity index (χ1v) is 9.06. The molecule has 0 radical (unpaired) electrons. The van der Waals surface area contributed by atoms with Gasteiger partial charge in [0.15, 0.2) is 0 Å². The molecular weight excluding hydrogens is 304 g/mol. The maximum absolute atomic E-state index is 13.1. The summed E-state index contributed by atoms with van der Waals surface area (Å²) in [4.78, 5) is 28.7. The number of nitrogens with zero attached hydrogens (tertiary/aromatic N) is 4. The normalized spacial score (nSPS) is 24.5. The topological polar surface area (TPSA) is 58.4 Å². The fraction of sp³-hybridized carbons (Fsp3) is 0.722. The highest BCUT2D eigenvalue weighted by atomic mass is 16.2. The highest BCUT2D eigenvalue weighted by Gasteiger charge is 2.38. The summed E-state index contributed by atoms with van der Waals surface area (Å²) in [5.74, 6) is 0.145. The van der Waals surface area contributed by atoms with Crippen molar-refractivity contribution in [2.24, 2.45) is 0 Å². The summed E-state index contributed by atoms with van der Waals surface area (Å²) in [5, 5.41) is 4.55. The van der Waals surface area contributed by atoms with Crippen LogP contribution in [0.4, 0.5) is 0 Å². The molecule has 2 atom stereocenters. The molecule has 0 N–H and O–H groups in total. The van der Waals surface area contributed by atoms with Crippen LogP contribution in [0.15, 0.2) is 6.07 Å². The fourth-order valence-corrected chi connectivity index (χ4v) is 4.13. The van der Waals surface area contributed by atoms with Crippen LogP contribution in [0.3, 0.4) is 0 Å². The van der Waals surface area contributed by atoms with E-state index in [2.05, 4.69) is 18.1 Å². The van der Waals surface area contributed by atoms with E-state index in [1.54, 1.807) is 11.8 Å². The standard InChI is InChI=1S/C18H28N4O2/c1-13-11-14(2)22(19-13)12-16-7-4-5-9-21(16)18(24)17-8-6-10-20(17)15(3)23/h11,16-17H,4-10,12H2,1-3H3/t16-,17-/m1/s1. The number of hydrogen-bond donors (Lipinski definition) is 0. The number of amides is 2. The van der Waals surface area contributed by atoms with Gasteiger partial charge in [-0.1, -0.05) is 0 Å². The maximum Gasteiger partial charge on any atom is 0.245 e. The molecular formula is C18H28N4O2. The number of carbonyl (C=O) groups excluding carboxylic acids is 2. The van der Waals surface area contributed by atoms with Gasteiger partial charge < -0.3 is 9.80 Å². The third kappa shape index (κ3) is 3.32. The summed E-state index contributed by atoms with van der Waals surface area (Å²) in [5.41, 5.74) is 2.15. The summed E-state index contributed by atoms with van der Waals surface area (Å²) in [6, 6.07) is 1.99. The van der Waals surface area contributed by atoms with E-state index in [9.17, 15) is 9.59 Å². The van der Waals surface area contributed by atoms with Crippen molar-refractivity contribution in [1.82, 2.24) is 19.6 Å². The average Bonchev–Trinajstić information content (AvgIpc) is 3.14. The van der Waals surface area contributed by atoms with Crippen LogP contribution >= 0.6 is 0 Å². The highest BCUT2D eigenvalue weighted by molar-refractivity contribution is 5.87. The van der Waals surface area contributed by atoms with Gasteiger partial charge in [0.05, 0.1) is 18.3 Å². The monoisotopic (exact) mass is 332 g/mol. The first-order valence-electron chi connectivity index (χ1n) is 9.06. The number of aryl methyl sites for hydroxylation is 2. The molecule has 2 amide bonds. The summed E-state index contributed by atoms with van der Waals surface area (Å²) in [6.07, 6.45) is 4.92. The number of rotatable bonds is 3. The zero-order valence-electron chi connectivity index (χ0n) is 15.0. The van der Waals surface area contributed by atoms with E-state index in [0.717, 1.165) is 56.6 Å². The Balaban J connectivity index is 1.75. The van der Waals surface area contributed by atoms with E-state index in [1.807, 2.05) is 16.5 Å². The van der Waals surface area contributed by atoms with Crippen molar-refractivity contribution in [3.05, 3.63) is 17.5 Å². The molecule has 1 aromatic rings. The number of aromatic nitrogens is 2. The van der Waals surface area contributed by atoms with E-state index < -0.39 is 0 Å². The molecule has 3 heterocycles. The van der Waals surface area contributed by atoms with Crippen LogP contribution in [0.25, 0.3) is 0 Å². The summed E-state index contributed by atoms with van der Waals surface area (Å²) in [6.45, 7) is 7.88. The van der Waals surface area contributed by atoms with E-state index in [1.165, 1.54) is 0 Å². The third-order valence-electron chi connectivity index (χ3n) is 5.34. The average molecular weight is 332 g/mol. The molecule has 0 unspecified atom stereocenters. The van der Waals surface area contributed by atoms with Crippen LogP contribution < -0.4 is 0 Å². The number of likely N-dealkylation sites (tertiary alicyclic amines) is 2. The van der Waals surface area contributed by atoms with Gasteiger partial charge in [-0.05, 0) is 52.0 Å². The molecule has 132 valence electrons. The quantitative estimate of drug-likeness (QED) is 0.849. The van der Waals surface area contributed by atoms with Gasteiger partial charge in [0.1, 0.15) is 6.04 Å². The second kappa shape index (κ2) is 6.95. The smallest absolute Gasteiger partial charge is 0.245 e. The molecule has 1 aromatic heterocycles. The zero-order valence-corrected chi connectivity index (χ0v) is 15.0. The Morgan fingerprint density at radius 2 is 1.88 bits per heavy atom. The van der Waals surface area contributed by atoms with Crippen LogP contribution in [0.5, 0.6) is 0 Å². The number of carbonyl (C=O) groups is 2. The van der Waals surface area contributed by atoms with Gasteiger partial charge in [0.25, 0.3) is 0 Å². The molecule has 2 aliphatic rings. The molecule has 2 saturated heterocycles. The van der Waals surface area contributed by atoms with Gasteiger partial charge in [0, 0.05) is 25.7 Å². The Bertz CT molecular complexity index is 625. The minimum absolute atomic E-state index is 0.0120. The fourth-order valence-electron chi connectivity index (χ4n) is 4.13. The Labute approximate surface area is 143 Å². The minimum atomic E-state index is -0.261. The molecule has 24 heavy (non-hydrogen) atoms. The van der Waals surface area contributed by atoms with Crippen molar-refractivity contribution in [3.63, 3.8) is 0 Å². The van der Waals surface area contributed by atoms with Crippen LogP contribution in [0.2, 0.25) is 0 Å². The predicted molar refractivity (Wildman–Crippen MR) is 91.5 cm³/mol. The van der Waals surface area contributed by atoms with Crippen molar-refractivity contribution in [2.75, 3.05) is 13.1 Å². The summed E-state index contributed by atoms with van der Waals surface area (Å²) in [7, 11) is 0. The van der Waals surface area contributed by atoms with Gasteiger partial charge in [-0.3, -0.25) is 14.3 Å². The lowest BCUT2D eigenvalue weighted by Gasteiger charge is -2.38. The van der Waals surface area contributed by atoms with Crippen molar-refractivity contribution >= 4 is 11.8 Å². The van der Waals surface area contributed by atoms with Crippen LogP contribution in [0, 0.1) is 13.8 Å². The second-order valence-corrected chi connectivity index (χ2v) is 7.16. The lowest BCUT2D eigenvalue weighted by molar-refractivity contribution is -0.145. The van der Waals surface area contributed by atoms with Crippen LogP contribution in [-0.4, -0.2) is 56.6 Å². The van der Waals surface area contributed by atoms with Crippen molar-refractivity contribution in [1.29, 1.82) is 0 Å². The SMILES string of the molecule is CC(=O)N1CCC[C@@H]1C(=O)N1CCCC[C@@H]1Cn1nc(C)cc1C. The van der Waals surface area contributed by atoms with Gasteiger partial charge in [-0.2, -0.15) is 5.10 Å². The second-order valence-electron chi connectivity index (χ2n) is 7.16. The predicted octanol–water partition coefficient (Wildman–Crippen LogP) is 1.89. The largest absolute Gasteiger partial charge is 0.336 e. The van der Waals surface area contributed by atoms with Crippen molar-refractivity contribution < 1.29 is 9.59 Å². The molecule has 0 saturated carbocycles. The Hall–Kier alpha value is -1.85. The van der Waals surface area contributed by atoms with E-state index in [4.69, 9.17) is 0 Å². The van der Waals surface area contributed by atoms with E-state index in [-0.39, 0.29) is 23.9 Å². The summed E-state index contributed by atoms with van der Waals surface area (Å²) < 4.78 is 2.02. The molecule has 2 aliphatic heterocycles. The molecule has 0 aliphatic carbocycles. The van der Waals surface area contributed by atoms with Gasteiger partial charge >= 0.3 is 0 Å². The number of piperidine rings is 1. The molecule has 2 fully saturated rings. The van der Waals surface area contributed by atoms with E-state index in [0.29, 0.717) is 6.54 Å². The third-order valence-corrected chi connectivity index (χ3v) is 5.34. The first kappa shape index (κ1) is 17.0. The zero-order chi connectivity index (χ0) is 17.3. The van der Waals surface area contributed by atoms with Crippen molar-refractivity contribution in [3.8, 4) is 0 Å². The van der Waals surface area contributed by atoms with E-state index >= 15 is 0 Å². The Morgan fingerprint density at radius 1 is 1.12 bits per heavy atom. The Morgan fingerprint density at radius 3 is 2.54 bits per heavy atom. The first-order chi connectivity index (χ1) is 11.5. The van der Waals surface area contributed by atoms with Crippen LogP contribution in [-0.2, 0) is 16.1 Å². The molecule has 6 nitrogen and oxygen atoms in total. The van der Waals surface area contributed by atoms with Gasteiger partial charge in [0.2, 0.25) is 11.8 Å². The molecule has 3 rings (SSSR count). The minimum Gasteiger partial charge on any atom is -0.336 e. The highest BCUT2D eigenvalue weighted by Crippen LogP contribution is 2.25. The lowest BCUT2D eigenvalue weighted by Crippen LogP contribution is -2.53. The van der Waals surface area contributed by atoms with Gasteiger partial charge in [-0.25, -0.2) is 0 Å². The maximum atomic E-state index is 13.1. The van der Waals surface area contributed by atoms with Crippen LogP contribution in [0.1, 0.15) is 50.4 Å². The van der Waals surface area contributed by atoms with Crippen molar-refractivity contribution in [2.45, 2.75) is 71.5 Å². The molecule has 0 spiro atoms. The molecule has 0 aromatic carbocycles. The molecule has 0 bridgehead atoms. The lowest BCUT2D eigenvalue weighted by atomic mass is 10.00. The Kier molecular flexibility index (Phi) is 4.92. The van der Waals surface area contributed by atoms with Gasteiger partial charge in [-0.15, -0.1) is 0 Å². The summed E-state index contributed by atoms with van der Waals surface area (Å²) >= 11 is 0.